The lowest BCUT2D eigenvalue weighted by molar-refractivity contribution is 0.0154. The minimum atomic E-state index is -1.46. The molecule has 0 aliphatic rings. The normalized spacial score (nSPS) is 15.6. The summed E-state index contributed by atoms with van der Waals surface area (Å²) in [4.78, 5) is 0. The molecule has 2 nitrogen and oxygen atoms in total. The SMILES string of the molecule is CCC[Si](OC(C)O[Si](C)(C)C)[Si](C)(C)C. The van der Waals surface area contributed by atoms with Gasteiger partial charge in [-0.05, 0) is 32.6 Å². The average Bonchev–Trinajstić information content (AvgIpc) is 1.97. The van der Waals surface area contributed by atoms with E-state index in [0.717, 1.165) is 0 Å². The Morgan fingerprint density at radius 2 is 1.56 bits per heavy atom. The van der Waals surface area contributed by atoms with Gasteiger partial charge in [0.1, 0.15) is 6.29 Å². The van der Waals surface area contributed by atoms with Crippen LogP contribution in [0.4, 0.5) is 0 Å². The van der Waals surface area contributed by atoms with E-state index in [9.17, 15) is 0 Å². The minimum absolute atomic E-state index is 0.00108. The second-order valence-corrected chi connectivity index (χ2v) is 23.1. The topological polar surface area (TPSA) is 18.5 Å². The van der Waals surface area contributed by atoms with Crippen molar-refractivity contribution in [3.8, 4) is 0 Å². The van der Waals surface area contributed by atoms with Gasteiger partial charge in [-0.25, -0.2) is 0 Å². The molecule has 0 saturated carbocycles. The third-order valence-electron chi connectivity index (χ3n) is 2.14. The van der Waals surface area contributed by atoms with Crippen LogP contribution in [-0.4, -0.2) is 30.8 Å². The van der Waals surface area contributed by atoms with Crippen LogP contribution in [0.2, 0.25) is 45.3 Å². The highest BCUT2D eigenvalue weighted by atomic mass is 29.2. The lowest BCUT2D eigenvalue weighted by Crippen LogP contribution is -2.48. The molecule has 0 saturated heterocycles. The van der Waals surface area contributed by atoms with E-state index in [0.29, 0.717) is 0 Å². The zero-order chi connectivity index (χ0) is 13.0. The maximum absolute atomic E-state index is 6.21. The molecule has 0 rings (SSSR count). The number of hydrogen-bond donors (Lipinski definition) is 0. The Kier molecular flexibility index (Phi) is 6.72. The molecule has 0 aliphatic carbocycles. The summed E-state index contributed by atoms with van der Waals surface area (Å²) in [5.74, 6) is 0. The first kappa shape index (κ1) is 16.6. The van der Waals surface area contributed by atoms with Gasteiger partial charge in [-0.15, -0.1) is 0 Å². The molecule has 0 bridgehead atoms. The van der Waals surface area contributed by atoms with Crippen molar-refractivity contribution in [3.05, 3.63) is 0 Å². The molecule has 16 heavy (non-hydrogen) atoms. The lowest BCUT2D eigenvalue weighted by atomic mass is 10.6. The fraction of sp³-hybridized carbons (Fsp3) is 1.00. The van der Waals surface area contributed by atoms with Crippen LogP contribution >= 0.6 is 0 Å². The molecule has 1 radical (unpaired) electrons. The van der Waals surface area contributed by atoms with Crippen molar-refractivity contribution in [2.75, 3.05) is 0 Å². The van der Waals surface area contributed by atoms with Gasteiger partial charge in [-0.3, -0.25) is 0 Å². The minimum Gasteiger partial charge on any atom is -0.397 e. The third kappa shape index (κ3) is 7.78. The Morgan fingerprint density at radius 1 is 1.06 bits per heavy atom. The quantitative estimate of drug-likeness (QED) is 0.517. The van der Waals surface area contributed by atoms with E-state index in [-0.39, 0.29) is 6.29 Å². The molecule has 5 heteroatoms. The standard InChI is InChI=1S/C11H29O2Si3/c1-9-10-14(16(6,7)8)12-11(2)13-15(3,4)5/h11H,9-10H2,1-8H3. The van der Waals surface area contributed by atoms with E-state index >= 15 is 0 Å². The lowest BCUT2D eigenvalue weighted by Gasteiger charge is -2.32. The van der Waals surface area contributed by atoms with Crippen LogP contribution in [0.5, 0.6) is 0 Å². The fourth-order valence-corrected chi connectivity index (χ4v) is 9.38. The van der Waals surface area contributed by atoms with Crippen LogP contribution in [0.15, 0.2) is 0 Å². The van der Waals surface area contributed by atoms with Crippen molar-refractivity contribution in [2.45, 2.75) is 71.9 Å². The van der Waals surface area contributed by atoms with Crippen LogP contribution in [-0.2, 0) is 8.85 Å². The molecule has 0 N–H and O–H groups in total. The molecule has 0 fully saturated rings. The van der Waals surface area contributed by atoms with Crippen LogP contribution in [0.3, 0.4) is 0 Å². The van der Waals surface area contributed by atoms with Crippen molar-refractivity contribution in [2.24, 2.45) is 0 Å². The van der Waals surface area contributed by atoms with Crippen LogP contribution in [0.1, 0.15) is 20.3 Å². The van der Waals surface area contributed by atoms with Crippen molar-refractivity contribution in [1.29, 1.82) is 0 Å². The molecular weight excluding hydrogens is 248 g/mol. The second-order valence-electron chi connectivity index (χ2n) is 6.34. The molecule has 1 atom stereocenters. The van der Waals surface area contributed by atoms with E-state index in [1.54, 1.807) is 0 Å². The summed E-state index contributed by atoms with van der Waals surface area (Å²) in [5.41, 5.74) is 0. The molecule has 1 unspecified atom stereocenters. The summed E-state index contributed by atoms with van der Waals surface area (Å²) in [6.07, 6.45) is 1.23. The molecular formula is C11H29O2Si3. The van der Waals surface area contributed by atoms with Crippen molar-refractivity contribution < 1.29 is 8.85 Å². The predicted octanol–water partition coefficient (Wildman–Crippen LogP) is 4.02. The largest absolute Gasteiger partial charge is 0.397 e. The first-order chi connectivity index (χ1) is 7.06. The summed E-state index contributed by atoms with van der Waals surface area (Å²) < 4.78 is 12.2. The molecule has 0 aromatic heterocycles. The summed E-state index contributed by atoms with van der Waals surface area (Å²) in [5, 5.41) is 0. The first-order valence-corrected chi connectivity index (χ1v) is 15.8. The van der Waals surface area contributed by atoms with E-state index < -0.39 is 24.5 Å². The zero-order valence-corrected chi connectivity index (χ0v) is 15.3. The average molecular weight is 278 g/mol. The third-order valence-corrected chi connectivity index (χ3v) is 12.5. The van der Waals surface area contributed by atoms with Crippen molar-refractivity contribution in [3.63, 3.8) is 0 Å². The zero-order valence-electron chi connectivity index (χ0n) is 12.3. The Balaban J connectivity index is 4.30. The van der Waals surface area contributed by atoms with Gasteiger partial charge in [-0.1, -0.05) is 33.0 Å². The van der Waals surface area contributed by atoms with Gasteiger partial charge in [0.15, 0.2) is 16.9 Å². The summed E-state index contributed by atoms with van der Waals surface area (Å²) >= 11 is 0. The highest BCUT2D eigenvalue weighted by Crippen LogP contribution is 2.17. The highest BCUT2D eigenvalue weighted by Gasteiger charge is 2.32. The Bertz CT molecular complexity index is 196. The van der Waals surface area contributed by atoms with Gasteiger partial charge in [0.05, 0.1) is 7.59 Å². The molecule has 97 valence electrons. The van der Waals surface area contributed by atoms with E-state index in [1.807, 2.05) is 0 Å². The number of hydrogen-bond acceptors (Lipinski definition) is 2. The monoisotopic (exact) mass is 277 g/mol. The summed E-state index contributed by atoms with van der Waals surface area (Å²) in [7, 11) is -3.24. The molecule has 0 amide bonds. The van der Waals surface area contributed by atoms with E-state index in [4.69, 9.17) is 8.85 Å². The fourth-order valence-electron chi connectivity index (χ4n) is 1.56. The molecule has 0 aliphatic heterocycles. The smallest absolute Gasteiger partial charge is 0.199 e. The summed E-state index contributed by atoms with van der Waals surface area (Å²) in [6, 6.07) is 1.26. The van der Waals surface area contributed by atoms with Gasteiger partial charge in [0.25, 0.3) is 0 Å². The van der Waals surface area contributed by atoms with Gasteiger partial charge in [0, 0.05) is 0 Å². The van der Waals surface area contributed by atoms with Gasteiger partial charge >= 0.3 is 0 Å². The van der Waals surface area contributed by atoms with Crippen LogP contribution < -0.4 is 0 Å². The Hall–Kier alpha value is 0.571. The van der Waals surface area contributed by atoms with Crippen LogP contribution in [0, 0.1) is 0 Å². The predicted molar refractivity (Wildman–Crippen MR) is 79.2 cm³/mol. The Labute approximate surface area is 105 Å². The van der Waals surface area contributed by atoms with Gasteiger partial charge < -0.3 is 8.85 Å². The van der Waals surface area contributed by atoms with E-state index in [2.05, 4.69) is 53.1 Å². The molecule has 0 aromatic carbocycles. The van der Waals surface area contributed by atoms with Crippen LogP contribution in [0.25, 0.3) is 0 Å². The Morgan fingerprint density at radius 3 is 1.88 bits per heavy atom. The van der Waals surface area contributed by atoms with Crippen molar-refractivity contribution in [1.82, 2.24) is 0 Å². The molecule has 0 spiro atoms. The van der Waals surface area contributed by atoms with Gasteiger partial charge in [-0.2, -0.15) is 0 Å². The van der Waals surface area contributed by atoms with Gasteiger partial charge in [0.2, 0.25) is 0 Å². The second kappa shape index (κ2) is 6.49. The maximum atomic E-state index is 6.21. The highest BCUT2D eigenvalue weighted by molar-refractivity contribution is 7.29. The maximum Gasteiger partial charge on any atom is 0.199 e. The van der Waals surface area contributed by atoms with E-state index in [1.165, 1.54) is 12.5 Å². The molecule has 0 aromatic rings. The first-order valence-electron chi connectivity index (χ1n) is 6.27. The van der Waals surface area contributed by atoms with Crippen molar-refractivity contribution >= 4 is 24.5 Å². The summed E-state index contributed by atoms with van der Waals surface area (Å²) in [6.45, 7) is 18.2. The molecule has 0 heterocycles. The number of rotatable bonds is 7.